The molecule has 0 aliphatic heterocycles. The fourth-order valence-corrected chi connectivity index (χ4v) is 1.68. The van der Waals surface area contributed by atoms with E-state index in [1.807, 2.05) is 13.8 Å². The molecule has 2 rings (SSSR count). The fraction of sp³-hybridized carbons (Fsp3) is 0.200. The molecule has 98 valence electrons. The largest absolute Gasteiger partial charge is 0.489 e. The highest BCUT2D eigenvalue weighted by Gasteiger charge is 2.11. The summed E-state index contributed by atoms with van der Waals surface area (Å²) >= 11 is 0. The van der Waals surface area contributed by atoms with Gasteiger partial charge in [-0.2, -0.15) is 0 Å². The quantitative estimate of drug-likeness (QED) is 0.791. The molecular weight excluding hydrogens is 245 g/mol. The maximum absolute atomic E-state index is 13.1. The third kappa shape index (κ3) is 3.37. The lowest BCUT2D eigenvalue weighted by Crippen LogP contribution is -2.08. The fourth-order valence-electron chi connectivity index (χ4n) is 1.68. The van der Waals surface area contributed by atoms with Crippen molar-refractivity contribution in [2.75, 3.05) is 0 Å². The number of halogens is 1. The Morgan fingerprint density at radius 2 is 2.00 bits per heavy atom. The van der Waals surface area contributed by atoms with Crippen LogP contribution in [-0.2, 0) is 0 Å². The van der Waals surface area contributed by atoms with E-state index >= 15 is 0 Å². The molecule has 1 heterocycles. The molecule has 0 fully saturated rings. The van der Waals surface area contributed by atoms with Crippen molar-refractivity contribution in [3.8, 4) is 5.75 Å². The number of pyridine rings is 1. The maximum atomic E-state index is 13.1. The van der Waals surface area contributed by atoms with Crippen molar-refractivity contribution >= 4 is 5.78 Å². The first-order chi connectivity index (χ1) is 9.06. The summed E-state index contributed by atoms with van der Waals surface area (Å²) < 4.78 is 18.6. The Morgan fingerprint density at radius 3 is 2.68 bits per heavy atom. The monoisotopic (exact) mass is 259 g/mol. The summed E-state index contributed by atoms with van der Waals surface area (Å²) in [4.78, 5) is 16.1. The lowest BCUT2D eigenvalue weighted by atomic mass is 10.1. The molecule has 0 saturated heterocycles. The summed E-state index contributed by atoms with van der Waals surface area (Å²) in [6.45, 7) is 3.78. The normalized spacial score (nSPS) is 10.5. The average molecular weight is 259 g/mol. The lowest BCUT2D eigenvalue weighted by Gasteiger charge is -2.10. The first-order valence-electron chi connectivity index (χ1n) is 5.98. The summed E-state index contributed by atoms with van der Waals surface area (Å²) in [6.07, 6.45) is 2.99. The predicted molar refractivity (Wildman–Crippen MR) is 69.8 cm³/mol. The van der Waals surface area contributed by atoms with Gasteiger partial charge >= 0.3 is 0 Å². The van der Waals surface area contributed by atoms with Gasteiger partial charge in [-0.15, -0.1) is 0 Å². The van der Waals surface area contributed by atoms with Gasteiger partial charge in [0.05, 0.1) is 12.3 Å². The Morgan fingerprint density at radius 1 is 1.21 bits per heavy atom. The van der Waals surface area contributed by atoms with Crippen LogP contribution in [0, 0.1) is 5.82 Å². The summed E-state index contributed by atoms with van der Waals surface area (Å²) in [5, 5.41) is 0. The zero-order chi connectivity index (χ0) is 13.8. The first-order valence-corrected chi connectivity index (χ1v) is 5.98. The number of aromatic nitrogens is 1. The SMILES string of the molecule is CC(C)Oc1cncc(C(=O)c2cccc(F)c2)c1. The molecule has 0 aliphatic carbocycles. The van der Waals surface area contributed by atoms with Crippen LogP contribution in [0.15, 0.2) is 42.7 Å². The third-order valence-corrected chi connectivity index (χ3v) is 2.43. The van der Waals surface area contributed by atoms with E-state index in [1.165, 1.54) is 24.4 Å². The molecule has 0 N–H and O–H groups in total. The number of benzene rings is 1. The van der Waals surface area contributed by atoms with Crippen molar-refractivity contribution in [3.05, 3.63) is 59.7 Å². The highest BCUT2D eigenvalue weighted by molar-refractivity contribution is 6.08. The van der Waals surface area contributed by atoms with Gasteiger partial charge in [-0.1, -0.05) is 12.1 Å². The number of nitrogens with zero attached hydrogens (tertiary/aromatic N) is 1. The summed E-state index contributed by atoms with van der Waals surface area (Å²) in [7, 11) is 0. The molecule has 0 amide bonds. The summed E-state index contributed by atoms with van der Waals surface area (Å²) in [5.74, 6) is -0.188. The molecule has 2 aromatic rings. The zero-order valence-corrected chi connectivity index (χ0v) is 10.8. The molecule has 0 atom stereocenters. The molecule has 0 saturated carbocycles. The standard InChI is InChI=1S/C15H14FNO2/c1-10(2)19-14-7-12(8-17-9-14)15(18)11-4-3-5-13(16)6-11/h3-10H,1-2H3. The minimum atomic E-state index is -0.437. The van der Waals surface area contributed by atoms with Crippen molar-refractivity contribution in [2.24, 2.45) is 0 Å². The molecule has 0 unspecified atom stereocenters. The van der Waals surface area contributed by atoms with Gasteiger partial charge in [0.2, 0.25) is 0 Å². The number of rotatable bonds is 4. The molecule has 0 aliphatic rings. The Bertz CT molecular complexity index is 596. The van der Waals surface area contributed by atoms with E-state index in [0.717, 1.165) is 0 Å². The molecule has 0 bridgehead atoms. The van der Waals surface area contributed by atoms with Gasteiger partial charge in [0.1, 0.15) is 11.6 Å². The van der Waals surface area contributed by atoms with Gasteiger partial charge in [0, 0.05) is 17.3 Å². The molecule has 1 aromatic carbocycles. The topological polar surface area (TPSA) is 39.2 Å². The Labute approximate surface area is 111 Å². The Kier molecular flexibility index (Phi) is 3.90. The van der Waals surface area contributed by atoms with Crippen molar-refractivity contribution in [2.45, 2.75) is 20.0 Å². The minimum Gasteiger partial charge on any atom is -0.489 e. The molecule has 1 aromatic heterocycles. The molecule has 19 heavy (non-hydrogen) atoms. The van der Waals surface area contributed by atoms with Crippen molar-refractivity contribution in [3.63, 3.8) is 0 Å². The van der Waals surface area contributed by atoms with Crippen LogP contribution in [0.25, 0.3) is 0 Å². The van der Waals surface area contributed by atoms with Crippen LogP contribution >= 0.6 is 0 Å². The van der Waals surface area contributed by atoms with Crippen LogP contribution in [0.5, 0.6) is 5.75 Å². The molecule has 4 heteroatoms. The number of ether oxygens (including phenoxy) is 1. The van der Waals surface area contributed by atoms with Crippen LogP contribution in [-0.4, -0.2) is 16.9 Å². The van der Waals surface area contributed by atoms with E-state index < -0.39 is 5.82 Å². The maximum Gasteiger partial charge on any atom is 0.194 e. The zero-order valence-electron chi connectivity index (χ0n) is 10.8. The van der Waals surface area contributed by atoms with E-state index in [0.29, 0.717) is 16.9 Å². The number of carbonyl (C=O) groups excluding carboxylic acids is 1. The minimum absolute atomic E-state index is 0.00122. The van der Waals surface area contributed by atoms with Crippen LogP contribution in [0.1, 0.15) is 29.8 Å². The van der Waals surface area contributed by atoms with Gasteiger partial charge in [0.25, 0.3) is 0 Å². The van der Waals surface area contributed by atoms with E-state index in [1.54, 1.807) is 18.3 Å². The third-order valence-electron chi connectivity index (χ3n) is 2.43. The number of carbonyl (C=O) groups is 1. The molecule has 0 spiro atoms. The number of hydrogen-bond donors (Lipinski definition) is 0. The van der Waals surface area contributed by atoms with E-state index in [2.05, 4.69) is 4.98 Å². The first kappa shape index (κ1) is 13.2. The van der Waals surface area contributed by atoms with E-state index in [4.69, 9.17) is 4.74 Å². The predicted octanol–water partition coefficient (Wildman–Crippen LogP) is 3.24. The van der Waals surface area contributed by atoms with E-state index in [9.17, 15) is 9.18 Å². The highest BCUT2D eigenvalue weighted by Crippen LogP contribution is 2.16. The van der Waals surface area contributed by atoms with Gasteiger partial charge in [0.15, 0.2) is 5.78 Å². The van der Waals surface area contributed by atoms with Crippen LogP contribution < -0.4 is 4.74 Å². The van der Waals surface area contributed by atoms with Crippen LogP contribution in [0.2, 0.25) is 0 Å². The van der Waals surface area contributed by atoms with Crippen molar-refractivity contribution < 1.29 is 13.9 Å². The number of hydrogen-bond acceptors (Lipinski definition) is 3. The van der Waals surface area contributed by atoms with Crippen LogP contribution in [0.3, 0.4) is 0 Å². The van der Waals surface area contributed by atoms with Crippen molar-refractivity contribution in [1.82, 2.24) is 4.98 Å². The Balaban J connectivity index is 2.29. The second-order valence-electron chi connectivity index (χ2n) is 4.42. The van der Waals surface area contributed by atoms with Gasteiger partial charge in [-0.3, -0.25) is 9.78 Å². The van der Waals surface area contributed by atoms with Crippen molar-refractivity contribution in [1.29, 1.82) is 0 Å². The summed E-state index contributed by atoms with van der Waals surface area (Å²) in [5.41, 5.74) is 0.673. The molecule has 0 radical (unpaired) electrons. The van der Waals surface area contributed by atoms with E-state index in [-0.39, 0.29) is 11.9 Å². The summed E-state index contributed by atoms with van der Waals surface area (Å²) in [6, 6.07) is 7.19. The molecular formula is C15H14FNO2. The van der Waals surface area contributed by atoms with Gasteiger partial charge < -0.3 is 4.74 Å². The lowest BCUT2D eigenvalue weighted by molar-refractivity contribution is 0.103. The molecule has 3 nitrogen and oxygen atoms in total. The highest BCUT2D eigenvalue weighted by atomic mass is 19.1. The van der Waals surface area contributed by atoms with Crippen LogP contribution in [0.4, 0.5) is 4.39 Å². The van der Waals surface area contributed by atoms with Gasteiger partial charge in [-0.25, -0.2) is 4.39 Å². The number of ketones is 1. The second kappa shape index (κ2) is 5.61. The second-order valence-corrected chi connectivity index (χ2v) is 4.42. The smallest absolute Gasteiger partial charge is 0.194 e. The Hall–Kier alpha value is -2.23. The average Bonchev–Trinajstić information content (AvgIpc) is 2.37. The van der Waals surface area contributed by atoms with Gasteiger partial charge in [-0.05, 0) is 32.0 Å².